The first-order valence-electron chi connectivity index (χ1n) is 21.6. The number of alkyl carbamates (subject to hydrolysis) is 1. The Bertz CT molecular complexity index is 2280. The number of nitrogens with one attached hydrogen (secondary N) is 5. The molecule has 6 heterocycles. The molecule has 4 aromatic rings. The number of hydrogen-bond acceptors (Lipinski definition) is 8. The maximum Gasteiger partial charge on any atom is 0.407 e. The van der Waals surface area contributed by atoms with Gasteiger partial charge in [0.25, 0.3) is 0 Å². The Morgan fingerprint density at radius 2 is 1.37 bits per heavy atom. The van der Waals surface area contributed by atoms with Crippen LogP contribution in [0.4, 0.5) is 9.59 Å². The number of H-pyrrole nitrogens is 2. The first-order chi connectivity index (χ1) is 29.1. The van der Waals surface area contributed by atoms with E-state index in [-0.39, 0.29) is 54.0 Å². The van der Waals surface area contributed by atoms with Gasteiger partial charge in [-0.2, -0.15) is 11.8 Å². The van der Waals surface area contributed by atoms with E-state index in [0.717, 1.165) is 96.0 Å². The number of fused-ring (bicyclic) bond motifs is 3. The fourth-order valence-electron chi connectivity index (χ4n) is 10.3. The van der Waals surface area contributed by atoms with E-state index < -0.39 is 12.1 Å². The van der Waals surface area contributed by atoms with Crippen LogP contribution in [0.2, 0.25) is 0 Å². The third-order valence-corrected chi connectivity index (χ3v) is 15.3. The number of piperidine rings is 2. The fourth-order valence-corrected chi connectivity index (χ4v) is 11.9. The number of urea groups is 1. The van der Waals surface area contributed by atoms with Crippen molar-refractivity contribution in [2.75, 3.05) is 12.9 Å². The summed E-state index contributed by atoms with van der Waals surface area (Å²) in [6, 6.07) is 16.9. The van der Waals surface area contributed by atoms with Crippen molar-refractivity contribution in [1.82, 2.24) is 45.7 Å². The maximum absolute atomic E-state index is 13.8. The van der Waals surface area contributed by atoms with Gasteiger partial charge in [-0.05, 0) is 78.5 Å². The normalized spacial score (nSPS) is 28.8. The zero-order valence-electron chi connectivity index (χ0n) is 34.2. The Hall–Kier alpha value is -5.31. The highest BCUT2D eigenvalue weighted by molar-refractivity contribution is 8.00. The smallest absolute Gasteiger partial charge is 0.407 e. The molecule has 2 aromatic heterocycles. The minimum absolute atomic E-state index is 0.0116. The molecule has 5 amide bonds. The summed E-state index contributed by atoms with van der Waals surface area (Å²) in [6.45, 7) is 3.85. The number of imidazole rings is 2. The zero-order chi connectivity index (χ0) is 41.2. The van der Waals surface area contributed by atoms with Crippen LogP contribution in [0, 0.1) is 17.8 Å². The Kier molecular flexibility index (Phi) is 10.1. The van der Waals surface area contributed by atoms with E-state index in [1.165, 1.54) is 7.11 Å². The number of amides is 5. The summed E-state index contributed by atoms with van der Waals surface area (Å²) in [5, 5.41) is 9.24. The van der Waals surface area contributed by atoms with E-state index in [4.69, 9.17) is 14.7 Å². The molecule has 5 N–H and O–H groups in total. The van der Waals surface area contributed by atoms with Gasteiger partial charge in [0.1, 0.15) is 17.7 Å². The van der Waals surface area contributed by atoms with Crippen molar-refractivity contribution in [3.63, 3.8) is 0 Å². The number of aromatic amines is 2. The Labute approximate surface area is 353 Å². The number of benzene rings is 2. The summed E-state index contributed by atoms with van der Waals surface area (Å²) in [6.07, 6.45) is 10.4. The van der Waals surface area contributed by atoms with Crippen LogP contribution in [0.15, 0.2) is 60.9 Å². The van der Waals surface area contributed by atoms with Gasteiger partial charge < -0.3 is 40.5 Å². The minimum Gasteiger partial charge on any atom is -0.453 e. The predicted molar refractivity (Wildman–Crippen MR) is 227 cm³/mol. The molecule has 14 nitrogen and oxygen atoms in total. The largest absolute Gasteiger partial charge is 0.453 e. The lowest BCUT2D eigenvalue weighted by atomic mass is 10.0. The quantitative estimate of drug-likeness (QED) is 0.0743. The highest BCUT2D eigenvalue weighted by Gasteiger charge is 2.57. The average molecular weight is 832 g/mol. The third-order valence-electron chi connectivity index (χ3n) is 13.8. The number of unbranched alkanes of at least 4 members (excludes halogenated alkanes) is 1. The number of hydrogen-bond donors (Lipinski definition) is 5. The van der Waals surface area contributed by atoms with Crippen LogP contribution in [0.3, 0.4) is 0 Å². The van der Waals surface area contributed by atoms with Gasteiger partial charge in [0, 0.05) is 29.5 Å². The number of likely N-dealkylation sites (tertiary alicyclic amines) is 2. The molecule has 0 radical (unpaired) electrons. The van der Waals surface area contributed by atoms with Crippen molar-refractivity contribution in [3.05, 3.63) is 72.6 Å². The molecule has 60 heavy (non-hydrogen) atoms. The molecule has 4 saturated heterocycles. The first kappa shape index (κ1) is 38.9. The van der Waals surface area contributed by atoms with Crippen LogP contribution >= 0.6 is 11.8 Å². The molecular weight excluding hydrogens is 779 g/mol. The second-order valence-electron chi connectivity index (χ2n) is 17.9. The van der Waals surface area contributed by atoms with Gasteiger partial charge in [-0.3, -0.25) is 9.59 Å². The summed E-state index contributed by atoms with van der Waals surface area (Å²) in [5.74, 6) is 3.66. The first-order valence-corrected chi connectivity index (χ1v) is 22.7. The standard InChI is InChI=1S/C45H53N9O5S/c1-23(2)39(52-45(58)59-3)43(56)54-34-17-29(34)19-36(54)42-47-21-31(49-42)27-14-10-25(11-15-27)24-8-12-26(13-9-24)30-20-46-41(48-30)35-18-28-16-33(28)53(35)38(55)7-5-4-6-37-40-32(22-60-37)50-44(57)51-40/h8-15,20-21,23,28-29,32-37,39-40H,4-7,16-19,22H2,1-3H3,(H,46,48)(H,47,49)(H,52,58)(H2,50,51,57)/t28-,29-,32+,33-,34-,35+,36+,37+,39+,40+/m1/s1. The molecule has 2 aliphatic carbocycles. The van der Waals surface area contributed by atoms with Gasteiger partial charge in [-0.15, -0.1) is 0 Å². The van der Waals surface area contributed by atoms with Crippen molar-refractivity contribution < 1.29 is 23.9 Å². The molecule has 2 aromatic carbocycles. The van der Waals surface area contributed by atoms with Crippen LogP contribution in [0.1, 0.15) is 88.9 Å². The van der Waals surface area contributed by atoms with Crippen LogP contribution in [0.5, 0.6) is 0 Å². The number of methoxy groups -OCH3 is 1. The summed E-state index contributed by atoms with van der Waals surface area (Å²) in [4.78, 5) is 71.8. The van der Waals surface area contributed by atoms with Gasteiger partial charge in [-0.1, -0.05) is 68.8 Å². The van der Waals surface area contributed by atoms with Crippen molar-refractivity contribution >= 4 is 35.7 Å². The molecule has 10 atom stereocenters. The van der Waals surface area contributed by atoms with Gasteiger partial charge in [0.15, 0.2) is 0 Å². The second-order valence-corrected chi connectivity index (χ2v) is 19.2. The zero-order valence-corrected chi connectivity index (χ0v) is 35.0. The number of carbonyl (C=O) groups is 4. The van der Waals surface area contributed by atoms with Crippen molar-refractivity contribution in [2.24, 2.45) is 17.8 Å². The van der Waals surface area contributed by atoms with Crippen LogP contribution in [-0.2, 0) is 14.3 Å². The molecule has 4 aliphatic heterocycles. The van der Waals surface area contributed by atoms with E-state index in [9.17, 15) is 19.2 Å². The minimum atomic E-state index is -0.669. The third kappa shape index (κ3) is 7.32. The summed E-state index contributed by atoms with van der Waals surface area (Å²) < 4.78 is 4.80. The number of thioether (sulfide) groups is 1. The molecule has 2 saturated carbocycles. The van der Waals surface area contributed by atoms with Crippen LogP contribution in [-0.4, -0.2) is 102 Å². The van der Waals surface area contributed by atoms with Gasteiger partial charge in [-0.25, -0.2) is 19.6 Å². The fraction of sp³-hybridized carbons (Fsp3) is 0.511. The van der Waals surface area contributed by atoms with E-state index in [1.54, 1.807) is 0 Å². The Balaban J connectivity index is 0.752. The Morgan fingerprint density at radius 1 is 0.800 bits per heavy atom. The highest BCUT2D eigenvalue weighted by atomic mass is 32.2. The van der Waals surface area contributed by atoms with Crippen LogP contribution in [0.25, 0.3) is 33.6 Å². The van der Waals surface area contributed by atoms with Crippen molar-refractivity contribution in [2.45, 2.75) is 113 Å². The number of ether oxygens (including phenoxy) is 1. The lowest BCUT2D eigenvalue weighted by Gasteiger charge is -2.31. The topological polar surface area (TPSA) is 177 Å². The summed E-state index contributed by atoms with van der Waals surface area (Å²) in [7, 11) is 1.31. The monoisotopic (exact) mass is 831 g/mol. The lowest BCUT2D eigenvalue weighted by Crippen LogP contribution is -2.52. The Morgan fingerprint density at radius 3 is 1.95 bits per heavy atom. The molecule has 314 valence electrons. The van der Waals surface area contributed by atoms with E-state index in [0.29, 0.717) is 29.5 Å². The van der Waals surface area contributed by atoms with Crippen molar-refractivity contribution in [3.8, 4) is 33.6 Å². The van der Waals surface area contributed by atoms with Gasteiger partial charge >= 0.3 is 12.1 Å². The average Bonchev–Trinajstić information content (AvgIpc) is 3.68. The molecule has 15 heteroatoms. The number of nitrogens with zero attached hydrogens (tertiary/aromatic N) is 4. The molecule has 6 fully saturated rings. The molecular formula is C45H53N9O5S. The summed E-state index contributed by atoms with van der Waals surface area (Å²) >= 11 is 1.93. The molecule has 10 rings (SSSR count). The molecule has 0 bridgehead atoms. The number of carbonyl (C=O) groups excluding carboxylic acids is 4. The summed E-state index contributed by atoms with van der Waals surface area (Å²) in [5.41, 5.74) is 6.06. The number of rotatable bonds is 13. The molecule has 0 spiro atoms. The number of aromatic nitrogens is 4. The van der Waals surface area contributed by atoms with E-state index >= 15 is 0 Å². The maximum atomic E-state index is 13.8. The van der Waals surface area contributed by atoms with Crippen molar-refractivity contribution in [1.29, 1.82) is 0 Å². The SMILES string of the molecule is COC(=O)N[C@H](C(=O)N1[C@@H]2C[C@@H]2C[C@H]1c1ncc(-c2ccc(-c3ccc(-c4cnc([C@@H]5C[C@H]6C[C@H]6N5C(=O)CCCC[C@@H]5SC[C@@H]6NC(=O)N[C@@H]65)[nH]4)cc3)cc2)[nH]1)C(C)C. The lowest BCUT2D eigenvalue weighted by molar-refractivity contribution is -0.136. The van der Waals surface area contributed by atoms with Crippen LogP contribution < -0.4 is 16.0 Å². The highest BCUT2D eigenvalue weighted by Crippen LogP contribution is 2.54. The molecule has 0 unspecified atom stereocenters. The van der Waals surface area contributed by atoms with E-state index in [2.05, 4.69) is 79.3 Å². The van der Waals surface area contributed by atoms with Gasteiger partial charge in [0.2, 0.25) is 11.8 Å². The molecule has 6 aliphatic rings. The van der Waals surface area contributed by atoms with E-state index in [1.807, 2.05) is 42.9 Å². The second kappa shape index (κ2) is 15.6. The van der Waals surface area contributed by atoms with Gasteiger partial charge in [0.05, 0.1) is 55.1 Å². The predicted octanol–water partition coefficient (Wildman–Crippen LogP) is 6.56.